The van der Waals surface area contributed by atoms with Crippen LogP contribution in [0.4, 0.5) is 0 Å². The fourth-order valence-electron chi connectivity index (χ4n) is 4.11. The van der Waals surface area contributed by atoms with Gasteiger partial charge in [-0.2, -0.15) is 0 Å². The van der Waals surface area contributed by atoms with Gasteiger partial charge in [0.25, 0.3) is 0 Å². The first-order valence-electron chi connectivity index (χ1n) is 7.86. The highest BCUT2D eigenvalue weighted by Crippen LogP contribution is 2.55. The summed E-state index contributed by atoms with van der Waals surface area (Å²) in [5.74, 6) is 2.22. The van der Waals surface area contributed by atoms with Gasteiger partial charge in [0.1, 0.15) is 0 Å². The van der Waals surface area contributed by atoms with E-state index >= 15 is 0 Å². The monoisotopic (exact) mass is 311 g/mol. The number of hydrogen-bond acceptors (Lipinski definition) is 5. The molecule has 0 unspecified atom stereocenters. The van der Waals surface area contributed by atoms with E-state index in [-0.39, 0.29) is 18.6 Å². The standard InChI is InChI=1S/C18H17NO4/c1-21-17-12(20)7-10-4-5-19-11-6-9-2-3-13-18(23-8-22-13)15(9)16(17)14(10)11/h2-3,7,11,19-20H,4-6,8H2,1H3/t11-/m0/s1. The highest BCUT2D eigenvalue weighted by molar-refractivity contribution is 5.88. The Labute approximate surface area is 133 Å². The lowest BCUT2D eigenvalue weighted by atomic mass is 9.77. The molecular weight excluding hydrogens is 294 g/mol. The minimum Gasteiger partial charge on any atom is -0.504 e. The molecule has 0 bridgehead atoms. The van der Waals surface area contributed by atoms with Crippen molar-refractivity contribution >= 4 is 0 Å². The molecule has 2 aliphatic heterocycles. The maximum Gasteiger partial charge on any atom is 0.231 e. The van der Waals surface area contributed by atoms with E-state index in [0.29, 0.717) is 5.75 Å². The Morgan fingerprint density at radius 1 is 1.22 bits per heavy atom. The third-order valence-corrected chi connectivity index (χ3v) is 5.02. The third-order valence-electron chi connectivity index (χ3n) is 5.02. The van der Waals surface area contributed by atoms with Gasteiger partial charge in [-0.05, 0) is 48.2 Å². The van der Waals surface area contributed by atoms with Crippen molar-refractivity contribution in [3.05, 3.63) is 34.9 Å². The number of aromatic hydroxyl groups is 1. The first-order valence-corrected chi connectivity index (χ1v) is 7.86. The molecule has 2 heterocycles. The van der Waals surface area contributed by atoms with Crippen LogP contribution < -0.4 is 19.5 Å². The maximum atomic E-state index is 10.4. The number of nitrogens with one attached hydrogen (secondary N) is 1. The SMILES string of the molecule is COc1c(O)cc2c3c1-c1c(ccc4c1OCO4)C[C@@H]3NCC2. The minimum absolute atomic E-state index is 0.186. The summed E-state index contributed by atoms with van der Waals surface area (Å²) in [6.45, 7) is 1.15. The predicted molar refractivity (Wildman–Crippen MR) is 84.4 cm³/mol. The molecule has 0 amide bonds. The number of methoxy groups -OCH3 is 1. The molecule has 5 heteroatoms. The average molecular weight is 311 g/mol. The van der Waals surface area contributed by atoms with E-state index in [9.17, 15) is 5.11 Å². The second-order valence-electron chi connectivity index (χ2n) is 6.17. The normalized spacial score (nSPS) is 20.0. The van der Waals surface area contributed by atoms with Crippen LogP contribution in [0.5, 0.6) is 23.0 Å². The second kappa shape index (κ2) is 4.55. The van der Waals surface area contributed by atoms with E-state index in [1.165, 1.54) is 16.7 Å². The maximum absolute atomic E-state index is 10.4. The molecule has 0 spiro atoms. The molecule has 118 valence electrons. The van der Waals surface area contributed by atoms with Gasteiger partial charge < -0.3 is 24.6 Å². The molecule has 0 fully saturated rings. The van der Waals surface area contributed by atoms with E-state index in [0.717, 1.165) is 42.0 Å². The number of phenolic OH excluding ortho intramolecular Hbond substituents is 1. The Hall–Kier alpha value is -2.40. The summed E-state index contributed by atoms with van der Waals surface area (Å²) >= 11 is 0. The van der Waals surface area contributed by atoms with Crippen LogP contribution in [0, 0.1) is 0 Å². The van der Waals surface area contributed by atoms with Gasteiger partial charge in [-0.15, -0.1) is 0 Å². The molecule has 5 nitrogen and oxygen atoms in total. The molecular formula is C18H17NO4. The molecule has 0 aromatic heterocycles. The van der Waals surface area contributed by atoms with Crippen molar-refractivity contribution in [1.82, 2.24) is 5.32 Å². The van der Waals surface area contributed by atoms with Crippen LogP contribution in [0.3, 0.4) is 0 Å². The van der Waals surface area contributed by atoms with Crippen molar-refractivity contribution in [2.75, 3.05) is 20.4 Å². The van der Waals surface area contributed by atoms with Gasteiger partial charge in [-0.1, -0.05) is 6.07 Å². The predicted octanol–water partition coefficient (Wildman–Crippen LogP) is 2.54. The second-order valence-corrected chi connectivity index (χ2v) is 6.17. The van der Waals surface area contributed by atoms with Crippen LogP contribution in [-0.2, 0) is 12.8 Å². The molecule has 0 saturated carbocycles. The molecule has 1 atom stereocenters. The van der Waals surface area contributed by atoms with Crippen LogP contribution >= 0.6 is 0 Å². The largest absolute Gasteiger partial charge is 0.504 e. The lowest BCUT2D eigenvalue weighted by Crippen LogP contribution is -2.33. The van der Waals surface area contributed by atoms with E-state index in [1.807, 2.05) is 12.1 Å². The molecule has 3 aliphatic rings. The fraction of sp³-hybridized carbons (Fsp3) is 0.333. The Morgan fingerprint density at radius 2 is 2.13 bits per heavy atom. The quantitative estimate of drug-likeness (QED) is 0.847. The number of fused-ring (bicyclic) bond motifs is 4. The summed E-state index contributed by atoms with van der Waals surface area (Å²) in [7, 11) is 1.60. The molecule has 0 radical (unpaired) electrons. The van der Waals surface area contributed by atoms with Crippen LogP contribution in [0.1, 0.15) is 22.7 Å². The van der Waals surface area contributed by atoms with Crippen molar-refractivity contribution < 1.29 is 19.3 Å². The van der Waals surface area contributed by atoms with Gasteiger partial charge >= 0.3 is 0 Å². The zero-order chi connectivity index (χ0) is 15.6. The molecule has 2 aromatic rings. The molecule has 5 rings (SSSR count). The zero-order valence-electron chi connectivity index (χ0n) is 12.8. The van der Waals surface area contributed by atoms with Gasteiger partial charge in [0.15, 0.2) is 23.0 Å². The lowest BCUT2D eigenvalue weighted by Gasteiger charge is -2.35. The minimum atomic E-state index is 0.186. The molecule has 2 aromatic carbocycles. The molecule has 0 saturated heterocycles. The van der Waals surface area contributed by atoms with E-state index in [2.05, 4.69) is 11.4 Å². The number of phenols is 1. The summed E-state index contributed by atoms with van der Waals surface area (Å²) in [4.78, 5) is 0. The smallest absolute Gasteiger partial charge is 0.231 e. The summed E-state index contributed by atoms with van der Waals surface area (Å²) in [6.07, 6.45) is 1.80. The Kier molecular flexibility index (Phi) is 2.59. The van der Waals surface area contributed by atoms with E-state index in [4.69, 9.17) is 14.2 Å². The number of benzene rings is 2. The van der Waals surface area contributed by atoms with E-state index < -0.39 is 0 Å². The van der Waals surface area contributed by atoms with Gasteiger partial charge in [0, 0.05) is 17.2 Å². The highest BCUT2D eigenvalue weighted by atomic mass is 16.7. The fourth-order valence-corrected chi connectivity index (χ4v) is 4.11. The first-order chi connectivity index (χ1) is 11.3. The average Bonchev–Trinajstić information content (AvgIpc) is 3.03. The van der Waals surface area contributed by atoms with E-state index in [1.54, 1.807) is 7.11 Å². The van der Waals surface area contributed by atoms with Crippen molar-refractivity contribution in [2.24, 2.45) is 0 Å². The van der Waals surface area contributed by atoms with Crippen molar-refractivity contribution in [3.8, 4) is 34.1 Å². The Bertz CT molecular complexity index is 831. The first kappa shape index (κ1) is 13.1. The van der Waals surface area contributed by atoms with Crippen molar-refractivity contribution in [1.29, 1.82) is 0 Å². The number of hydrogen-bond donors (Lipinski definition) is 2. The van der Waals surface area contributed by atoms with Crippen molar-refractivity contribution in [3.63, 3.8) is 0 Å². The van der Waals surface area contributed by atoms with Crippen LogP contribution in [0.15, 0.2) is 18.2 Å². The highest BCUT2D eigenvalue weighted by Gasteiger charge is 2.36. The third kappa shape index (κ3) is 1.65. The van der Waals surface area contributed by atoms with Gasteiger partial charge in [0.2, 0.25) is 6.79 Å². The van der Waals surface area contributed by atoms with Crippen LogP contribution in [0.25, 0.3) is 11.1 Å². The Balaban J connectivity index is 1.90. The summed E-state index contributed by atoms with van der Waals surface area (Å²) in [6, 6.07) is 6.14. The van der Waals surface area contributed by atoms with Crippen LogP contribution in [-0.4, -0.2) is 25.6 Å². The van der Waals surface area contributed by atoms with Gasteiger partial charge in [-0.25, -0.2) is 0 Å². The molecule has 1 aliphatic carbocycles. The summed E-state index contributed by atoms with van der Waals surface area (Å²) in [5, 5.41) is 14.0. The van der Waals surface area contributed by atoms with Crippen molar-refractivity contribution in [2.45, 2.75) is 18.9 Å². The molecule has 23 heavy (non-hydrogen) atoms. The topological polar surface area (TPSA) is 60.0 Å². The van der Waals surface area contributed by atoms with Crippen LogP contribution in [0.2, 0.25) is 0 Å². The molecule has 2 N–H and O–H groups in total. The zero-order valence-corrected chi connectivity index (χ0v) is 12.8. The Morgan fingerprint density at radius 3 is 3.00 bits per heavy atom. The number of rotatable bonds is 1. The lowest BCUT2D eigenvalue weighted by molar-refractivity contribution is 0.174. The van der Waals surface area contributed by atoms with Gasteiger partial charge in [0.05, 0.1) is 7.11 Å². The van der Waals surface area contributed by atoms with Gasteiger partial charge in [-0.3, -0.25) is 0 Å². The summed E-state index contributed by atoms with van der Waals surface area (Å²) in [5.41, 5.74) is 5.55. The number of ether oxygens (including phenoxy) is 3. The summed E-state index contributed by atoms with van der Waals surface area (Å²) < 4.78 is 16.8.